The number of aromatic nitrogens is 2. The van der Waals surface area contributed by atoms with Crippen LogP contribution in [0.5, 0.6) is 0 Å². The molecule has 1 saturated carbocycles. The van der Waals surface area contributed by atoms with Crippen molar-refractivity contribution in [2.24, 2.45) is 0 Å². The molecular weight excluding hydrogens is 458 g/mol. The first-order valence-electron chi connectivity index (χ1n) is 7.97. The molecule has 1 spiro atoms. The van der Waals surface area contributed by atoms with Crippen LogP contribution in [0, 0.1) is 3.70 Å². The Balaban J connectivity index is 1.59. The van der Waals surface area contributed by atoms with Crippen LogP contribution in [0.2, 0.25) is 0 Å². The maximum atomic E-state index is 13.1. The zero-order valence-electron chi connectivity index (χ0n) is 13.1. The summed E-state index contributed by atoms with van der Waals surface area (Å²) in [5.41, 5.74) is 1.08. The Bertz CT molecular complexity index is 1090. The number of benzene rings is 2. The number of hydrogen-bond donors (Lipinski definition) is 2. The number of nitrogens with one attached hydrogen (secondary N) is 2. The number of halogens is 4. The van der Waals surface area contributed by atoms with Crippen LogP contribution in [-0.4, -0.2) is 16.1 Å². The van der Waals surface area contributed by atoms with Crippen molar-refractivity contribution in [2.45, 2.75) is 23.9 Å². The first-order chi connectivity index (χ1) is 12.3. The van der Waals surface area contributed by atoms with Crippen molar-refractivity contribution in [2.75, 3.05) is 5.32 Å². The highest BCUT2D eigenvalue weighted by atomic mass is 127. The summed E-state index contributed by atoms with van der Waals surface area (Å²) in [6.07, 6.45) is -3.93. The molecule has 1 aliphatic heterocycles. The van der Waals surface area contributed by atoms with E-state index in [4.69, 9.17) is 0 Å². The third-order valence-electron chi connectivity index (χ3n) is 5.38. The average molecular weight is 469 g/mol. The molecule has 0 bridgehead atoms. The molecule has 2 aliphatic rings. The van der Waals surface area contributed by atoms with E-state index in [1.165, 1.54) is 6.07 Å². The van der Waals surface area contributed by atoms with E-state index in [9.17, 15) is 18.0 Å². The lowest BCUT2D eigenvalue weighted by molar-refractivity contribution is -0.137. The van der Waals surface area contributed by atoms with E-state index in [0.717, 1.165) is 32.3 Å². The molecule has 0 saturated heterocycles. The van der Waals surface area contributed by atoms with Crippen LogP contribution in [0.4, 0.5) is 18.9 Å². The molecule has 1 aromatic heterocycles. The first kappa shape index (κ1) is 16.1. The van der Waals surface area contributed by atoms with Crippen molar-refractivity contribution in [1.29, 1.82) is 0 Å². The van der Waals surface area contributed by atoms with Gasteiger partial charge < -0.3 is 5.32 Å². The molecule has 1 amide bonds. The van der Waals surface area contributed by atoms with E-state index in [0.29, 0.717) is 17.7 Å². The minimum absolute atomic E-state index is 0.141. The highest BCUT2D eigenvalue weighted by molar-refractivity contribution is 14.1. The summed E-state index contributed by atoms with van der Waals surface area (Å²) in [5.74, 6) is -0.367. The summed E-state index contributed by atoms with van der Waals surface area (Å²) in [7, 11) is 0. The van der Waals surface area contributed by atoms with Crippen LogP contribution >= 0.6 is 22.6 Å². The second-order valence-electron chi connectivity index (χ2n) is 6.76. The zero-order valence-corrected chi connectivity index (χ0v) is 15.3. The van der Waals surface area contributed by atoms with E-state index in [2.05, 4.69) is 38.1 Å². The van der Waals surface area contributed by atoms with Gasteiger partial charge in [0.05, 0.1) is 16.5 Å². The summed E-state index contributed by atoms with van der Waals surface area (Å²) in [6.45, 7) is 0. The lowest BCUT2D eigenvalue weighted by Crippen LogP contribution is -2.21. The Hall–Kier alpha value is -2.10. The first-order valence-corrected chi connectivity index (χ1v) is 9.05. The number of nitrogens with zero attached hydrogens (tertiary/aromatic N) is 1. The molecule has 2 heterocycles. The Labute approximate surface area is 159 Å². The molecule has 4 nitrogen and oxygen atoms in total. The Kier molecular flexibility index (Phi) is 3.09. The number of aromatic amines is 1. The second kappa shape index (κ2) is 4.99. The van der Waals surface area contributed by atoms with Crippen molar-refractivity contribution in [3.8, 4) is 0 Å². The van der Waals surface area contributed by atoms with Gasteiger partial charge in [0.2, 0.25) is 5.91 Å². The van der Waals surface area contributed by atoms with Crippen molar-refractivity contribution in [1.82, 2.24) is 10.2 Å². The van der Waals surface area contributed by atoms with Gasteiger partial charge in [-0.15, -0.1) is 0 Å². The van der Waals surface area contributed by atoms with E-state index >= 15 is 0 Å². The van der Waals surface area contributed by atoms with Gasteiger partial charge in [0.15, 0.2) is 0 Å². The molecule has 2 N–H and O–H groups in total. The number of amides is 1. The molecule has 5 rings (SSSR count). The number of H-pyrrole nitrogens is 1. The van der Waals surface area contributed by atoms with Crippen molar-refractivity contribution in [3.05, 3.63) is 56.8 Å². The molecule has 132 valence electrons. The quantitative estimate of drug-likeness (QED) is 0.514. The van der Waals surface area contributed by atoms with Gasteiger partial charge in [-0.1, -0.05) is 6.07 Å². The number of rotatable bonds is 1. The third kappa shape index (κ3) is 2.07. The predicted octanol–water partition coefficient (Wildman–Crippen LogP) is 4.56. The Morgan fingerprint density at radius 2 is 2.00 bits per heavy atom. The van der Waals surface area contributed by atoms with Crippen LogP contribution in [0.1, 0.15) is 29.0 Å². The fourth-order valence-electron chi connectivity index (χ4n) is 3.99. The second-order valence-corrected chi connectivity index (χ2v) is 7.78. The molecular formula is C18H11F3IN3O. The predicted molar refractivity (Wildman–Crippen MR) is 97.9 cm³/mol. The van der Waals surface area contributed by atoms with Crippen molar-refractivity contribution < 1.29 is 18.0 Å². The molecule has 2 aromatic carbocycles. The molecule has 1 fully saturated rings. The van der Waals surface area contributed by atoms with Gasteiger partial charge in [-0.05, 0) is 70.5 Å². The van der Waals surface area contributed by atoms with Gasteiger partial charge in [-0.25, -0.2) is 0 Å². The number of carbonyl (C=O) groups is 1. The number of hydrogen-bond acceptors (Lipinski definition) is 2. The summed E-state index contributed by atoms with van der Waals surface area (Å²) in [6, 6.07) is 9.27. The minimum atomic E-state index is -4.43. The number of alkyl halides is 3. The Morgan fingerprint density at radius 3 is 2.77 bits per heavy atom. The van der Waals surface area contributed by atoms with E-state index in [-0.39, 0.29) is 11.8 Å². The fraction of sp³-hybridized carbons (Fsp3) is 0.222. The maximum Gasteiger partial charge on any atom is 0.416 e. The van der Waals surface area contributed by atoms with Gasteiger partial charge in [0.1, 0.15) is 3.70 Å². The molecule has 2 atom stereocenters. The van der Waals surface area contributed by atoms with Gasteiger partial charge in [-0.2, -0.15) is 18.3 Å². The average Bonchev–Trinajstić information content (AvgIpc) is 3.16. The molecule has 8 heteroatoms. The standard InChI is InChI=1S/C18H11F3IN3O/c19-18(20,21)9-2-4-13-11(6-9)17(16(26)23-13)7-12(17)8-1-3-10-14(5-8)24-25-15(10)22/h1-6,12H,7H2,(H,23,26)(H,24,25). The highest BCUT2D eigenvalue weighted by Crippen LogP contribution is 2.65. The van der Waals surface area contributed by atoms with Gasteiger partial charge >= 0.3 is 6.18 Å². The molecule has 3 aromatic rings. The number of anilines is 1. The van der Waals surface area contributed by atoms with E-state index in [1.54, 1.807) is 0 Å². The third-order valence-corrected chi connectivity index (χ3v) is 6.21. The number of carbonyl (C=O) groups excluding carboxylic acids is 1. The molecule has 2 unspecified atom stereocenters. The van der Waals surface area contributed by atoms with Gasteiger partial charge in [0, 0.05) is 17.0 Å². The van der Waals surface area contributed by atoms with Crippen LogP contribution in [0.15, 0.2) is 36.4 Å². The summed E-state index contributed by atoms with van der Waals surface area (Å²) < 4.78 is 40.2. The van der Waals surface area contributed by atoms with Gasteiger partial charge in [0.25, 0.3) is 0 Å². The van der Waals surface area contributed by atoms with E-state index < -0.39 is 17.2 Å². The SMILES string of the molecule is O=C1Nc2ccc(C(F)(F)F)cc2C12CC2c1ccc2c(I)n[nH]c2c1. The lowest BCUT2D eigenvalue weighted by Gasteiger charge is -2.12. The van der Waals surface area contributed by atoms with E-state index in [1.807, 2.05) is 18.2 Å². The summed E-state index contributed by atoms with van der Waals surface area (Å²) in [5, 5.41) is 10.8. The van der Waals surface area contributed by atoms with Crippen molar-refractivity contribution in [3.63, 3.8) is 0 Å². The summed E-state index contributed by atoms with van der Waals surface area (Å²) in [4.78, 5) is 12.6. The molecule has 26 heavy (non-hydrogen) atoms. The van der Waals surface area contributed by atoms with Crippen LogP contribution in [-0.2, 0) is 16.4 Å². The summed E-state index contributed by atoms with van der Waals surface area (Å²) >= 11 is 2.13. The maximum absolute atomic E-state index is 13.1. The van der Waals surface area contributed by atoms with Crippen LogP contribution < -0.4 is 5.32 Å². The highest BCUT2D eigenvalue weighted by Gasteiger charge is 2.65. The van der Waals surface area contributed by atoms with Crippen LogP contribution in [0.25, 0.3) is 10.9 Å². The zero-order chi connectivity index (χ0) is 18.3. The van der Waals surface area contributed by atoms with Crippen molar-refractivity contribution >= 4 is 45.1 Å². The fourth-order valence-corrected chi connectivity index (χ4v) is 4.58. The lowest BCUT2D eigenvalue weighted by atomic mass is 9.90. The molecule has 0 radical (unpaired) electrons. The smallest absolute Gasteiger partial charge is 0.325 e. The van der Waals surface area contributed by atoms with Gasteiger partial charge in [-0.3, -0.25) is 9.89 Å². The monoisotopic (exact) mass is 469 g/mol. The Morgan fingerprint density at radius 1 is 1.19 bits per heavy atom. The number of fused-ring (bicyclic) bond motifs is 3. The topological polar surface area (TPSA) is 57.8 Å². The largest absolute Gasteiger partial charge is 0.416 e. The molecule has 1 aliphatic carbocycles. The minimum Gasteiger partial charge on any atom is -0.325 e. The normalized spacial score (nSPS) is 24.2. The van der Waals surface area contributed by atoms with Crippen LogP contribution in [0.3, 0.4) is 0 Å².